The molecule has 0 aliphatic heterocycles. The Kier molecular flexibility index (Phi) is 7.67. The molecule has 1 N–H and O–H groups in total. The fourth-order valence-electron chi connectivity index (χ4n) is 4.23. The highest BCUT2D eigenvalue weighted by molar-refractivity contribution is 7.10. The van der Waals surface area contributed by atoms with Crippen LogP contribution in [0.1, 0.15) is 41.5 Å². The highest BCUT2D eigenvalue weighted by Crippen LogP contribution is 2.37. The van der Waals surface area contributed by atoms with E-state index >= 15 is 0 Å². The molecule has 1 fully saturated rings. The van der Waals surface area contributed by atoms with Crippen LogP contribution in [0, 0.1) is 0 Å². The molecule has 1 saturated carbocycles. The maximum atomic E-state index is 13.7. The largest absolute Gasteiger partial charge is 0.493 e. The average Bonchev–Trinajstić information content (AvgIpc) is 3.61. The van der Waals surface area contributed by atoms with Crippen molar-refractivity contribution in [3.63, 3.8) is 0 Å². The number of carbonyl (C=O) groups is 2. The number of carbonyl (C=O) groups excluding carboxylic acids is 2. The summed E-state index contributed by atoms with van der Waals surface area (Å²) in [4.78, 5) is 30.8. The first-order chi connectivity index (χ1) is 16.1. The number of nitrogens with one attached hydrogen (secondary N) is 1. The Hall–Kier alpha value is -2.84. The number of benzene rings is 1. The van der Waals surface area contributed by atoms with Gasteiger partial charge in [0.2, 0.25) is 11.8 Å². The Morgan fingerprint density at radius 3 is 2.39 bits per heavy atom. The third kappa shape index (κ3) is 5.39. The van der Waals surface area contributed by atoms with E-state index < -0.39 is 6.04 Å². The third-order valence-corrected chi connectivity index (χ3v) is 7.64. The topological polar surface area (TPSA) is 67.9 Å². The molecular weight excluding hydrogens is 456 g/mol. The Bertz CT molecular complexity index is 1060. The molecule has 6 nitrogen and oxygen atoms in total. The zero-order chi connectivity index (χ0) is 23.2. The van der Waals surface area contributed by atoms with Gasteiger partial charge in [-0.2, -0.15) is 0 Å². The van der Waals surface area contributed by atoms with E-state index in [1.165, 1.54) is 22.7 Å². The summed E-state index contributed by atoms with van der Waals surface area (Å²) in [6.07, 6.45) is 4.39. The molecule has 4 rings (SSSR count). The summed E-state index contributed by atoms with van der Waals surface area (Å²) >= 11 is 3.01. The minimum absolute atomic E-state index is 0.148. The van der Waals surface area contributed by atoms with Crippen molar-refractivity contribution in [2.75, 3.05) is 19.1 Å². The van der Waals surface area contributed by atoms with Crippen molar-refractivity contribution in [1.29, 1.82) is 0 Å². The minimum Gasteiger partial charge on any atom is -0.493 e. The minimum atomic E-state index is -0.767. The van der Waals surface area contributed by atoms with Crippen LogP contribution in [-0.2, 0) is 16.0 Å². The van der Waals surface area contributed by atoms with Gasteiger partial charge in [-0.3, -0.25) is 14.5 Å². The maximum absolute atomic E-state index is 13.7. The molecule has 0 radical (unpaired) electrons. The summed E-state index contributed by atoms with van der Waals surface area (Å²) in [5.41, 5.74) is 0.592. The summed E-state index contributed by atoms with van der Waals surface area (Å²) in [5, 5.41) is 7.09. The molecule has 2 amide bonds. The fraction of sp³-hybridized carbons (Fsp3) is 0.360. The Morgan fingerprint density at radius 1 is 1.03 bits per heavy atom. The molecule has 0 spiro atoms. The van der Waals surface area contributed by atoms with Crippen LogP contribution in [-0.4, -0.2) is 32.1 Å². The van der Waals surface area contributed by atoms with Crippen LogP contribution in [0.4, 0.5) is 5.69 Å². The molecule has 1 atom stereocenters. The first kappa shape index (κ1) is 23.3. The van der Waals surface area contributed by atoms with Crippen molar-refractivity contribution in [2.24, 2.45) is 0 Å². The standard InChI is InChI=1S/C25H28N2O4S2/c1-30-20-12-11-18(15-21(20)31-2)27(23(28)16-19-9-5-13-32-19)24(22-10-6-14-33-22)25(29)26-17-7-3-4-8-17/h5-6,9-15,17,24H,3-4,7-8,16H2,1-2H3,(H,26,29). The van der Waals surface area contributed by atoms with Crippen LogP contribution in [0.5, 0.6) is 11.5 Å². The van der Waals surface area contributed by atoms with E-state index in [2.05, 4.69) is 5.32 Å². The van der Waals surface area contributed by atoms with Gasteiger partial charge in [0.05, 0.1) is 20.6 Å². The lowest BCUT2D eigenvalue weighted by Crippen LogP contribution is -2.46. The number of ether oxygens (including phenoxy) is 2. The molecule has 3 aromatic rings. The molecule has 174 valence electrons. The summed E-state index contributed by atoms with van der Waals surface area (Å²) in [6.45, 7) is 0. The number of nitrogens with zero attached hydrogens (tertiary/aromatic N) is 1. The van der Waals surface area contributed by atoms with Gasteiger partial charge in [-0.25, -0.2) is 0 Å². The lowest BCUT2D eigenvalue weighted by atomic mass is 10.1. The van der Waals surface area contributed by atoms with Gasteiger partial charge in [0.25, 0.3) is 0 Å². The lowest BCUT2D eigenvalue weighted by Gasteiger charge is -2.32. The molecule has 1 aromatic carbocycles. The number of methoxy groups -OCH3 is 2. The Labute approximate surface area is 202 Å². The molecule has 1 aliphatic carbocycles. The predicted molar refractivity (Wildman–Crippen MR) is 133 cm³/mol. The van der Waals surface area contributed by atoms with Crippen molar-refractivity contribution in [3.05, 3.63) is 63.0 Å². The second kappa shape index (κ2) is 10.9. The first-order valence-corrected chi connectivity index (χ1v) is 12.8. The van der Waals surface area contributed by atoms with Crippen LogP contribution in [0.15, 0.2) is 53.2 Å². The van der Waals surface area contributed by atoms with Crippen molar-refractivity contribution >= 4 is 40.2 Å². The van der Waals surface area contributed by atoms with Crippen molar-refractivity contribution in [3.8, 4) is 11.5 Å². The molecule has 2 heterocycles. The molecule has 1 unspecified atom stereocenters. The number of rotatable bonds is 9. The van der Waals surface area contributed by atoms with E-state index in [9.17, 15) is 9.59 Å². The molecule has 8 heteroatoms. The molecule has 33 heavy (non-hydrogen) atoms. The molecule has 0 saturated heterocycles. The second-order valence-electron chi connectivity index (χ2n) is 7.97. The Balaban J connectivity index is 1.75. The lowest BCUT2D eigenvalue weighted by molar-refractivity contribution is -0.126. The smallest absolute Gasteiger partial charge is 0.248 e. The normalized spacial score (nSPS) is 14.6. The number of thiophene rings is 2. The summed E-state index contributed by atoms with van der Waals surface area (Å²) < 4.78 is 10.9. The fourth-order valence-corrected chi connectivity index (χ4v) is 5.74. The van der Waals surface area contributed by atoms with Crippen LogP contribution in [0.25, 0.3) is 0 Å². The van der Waals surface area contributed by atoms with Crippen molar-refractivity contribution in [1.82, 2.24) is 5.32 Å². The van der Waals surface area contributed by atoms with Crippen molar-refractivity contribution in [2.45, 2.75) is 44.2 Å². The van der Waals surface area contributed by atoms with Crippen LogP contribution < -0.4 is 19.7 Å². The van der Waals surface area contributed by atoms with Crippen LogP contribution >= 0.6 is 22.7 Å². The van der Waals surface area contributed by atoms with E-state index in [1.54, 1.807) is 37.3 Å². The monoisotopic (exact) mass is 484 g/mol. The first-order valence-electron chi connectivity index (χ1n) is 11.0. The quantitative estimate of drug-likeness (QED) is 0.453. The zero-order valence-corrected chi connectivity index (χ0v) is 20.4. The van der Waals surface area contributed by atoms with Gasteiger partial charge in [-0.1, -0.05) is 25.0 Å². The molecule has 2 aromatic heterocycles. The van der Waals surface area contributed by atoms with Gasteiger partial charge >= 0.3 is 0 Å². The van der Waals surface area contributed by atoms with E-state index in [-0.39, 0.29) is 24.3 Å². The molecule has 0 bridgehead atoms. The van der Waals surface area contributed by atoms with E-state index in [1.807, 2.05) is 35.0 Å². The summed E-state index contributed by atoms with van der Waals surface area (Å²) in [5.74, 6) is 0.767. The Morgan fingerprint density at radius 2 is 1.76 bits per heavy atom. The number of anilines is 1. The van der Waals surface area contributed by atoms with Gasteiger partial charge in [0.1, 0.15) is 6.04 Å². The van der Waals surface area contributed by atoms with Crippen LogP contribution in [0.2, 0.25) is 0 Å². The number of amides is 2. The predicted octanol–water partition coefficient (Wildman–Crippen LogP) is 5.20. The number of hydrogen-bond acceptors (Lipinski definition) is 6. The van der Waals surface area contributed by atoms with Gasteiger partial charge < -0.3 is 14.8 Å². The van der Waals surface area contributed by atoms with Gasteiger partial charge in [-0.05, 0) is 47.9 Å². The maximum Gasteiger partial charge on any atom is 0.248 e. The van der Waals surface area contributed by atoms with E-state index in [4.69, 9.17) is 9.47 Å². The highest BCUT2D eigenvalue weighted by atomic mass is 32.1. The third-order valence-electron chi connectivity index (χ3n) is 5.84. The SMILES string of the molecule is COc1ccc(N(C(=O)Cc2cccs2)C(C(=O)NC2CCCC2)c2cccs2)cc1OC. The zero-order valence-electron chi connectivity index (χ0n) is 18.8. The second-order valence-corrected chi connectivity index (χ2v) is 9.98. The van der Waals surface area contributed by atoms with Gasteiger partial charge in [0, 0.05) is 27.5 Å². The highest BCUT2D eigenvalue weighted by Gasteiger charge is 2.35. The van der Waals surface area contributed by atoms with E-state index in [0.717, 1.165) is 35.4 Å². The molecular formula is C25H28N2O4S2. The summed E-state index contributed by atoms with van der Waals surface area (Å²) in [7, 11) is 3.13. The molecule has 1 aliphatic rings. The van der Waals surface area contributed by atoms with E-state index in [0.29, 0.717) is 17.2 Å². The number of hydrogen-bond donors (Lipinski definition) is 1. The van der Waals surface area contributed by atoms with Gasteiger partial charge in [0.15, 0.2) is 11.5 Å². The average molecular weight is 485 g/mol. The van der Waals surface area contributed by atoms with Crippen LogP contribution in [0.3, 0.4) is 0 Å². The van der Waals surface area contributed by atoms with Crippen molar-refractivity contribution < 1.29 is 19.1 Å². The van der Waals surface area contributed by atoms with Gasteiger partial charge in [-0.15, -0.1) is 22.7 Å². The summed E-state index contributed by atoms with van der Waals surface area (Å²) in [6, 6.07) is 12.4.